The van der Waals surface area contributed by atoms with Gasteiger partial charge in [-0.1, -0.05) is 36.4 Å². The molecule has 1 aromatic heterocycles. The molecule has 1 N–H and O–H groups in total. The Morgan fingerprint density at radius 1 is 0.952 bits per heavy atom. The minimum atomic E-state index is 0.763. The van der Waals surface area contributed by atoms with E-state index in [0.717, 1.165) is 17.7 Å². The maximum Gasteiger partial charge on any atom is 0.0751 e. The number of rotatable bonds is 4. The summed E-state index contributed by atoms with van der Waals surface area (Å²) >= 11 is 0. The van der Waals surface area contributed by atoms with Crippen molar-refractivity contribution in [3.8, 4) is 0 Å². The van der Waals surface area contributed by atoms with Crippen LogP contribution in [0.2, 0.25) is 0 Å². The Morgan fingerprint density at radius 2 is 1.76 bits per heavy atom. The van der Waals surface area contributed by atoms with Crippen molar-refractivity contribution in [1.29, 1.82) is 0 Å². The van der Waals surface area contributed by atoms with E-state index >= 15 is 0 Å². The number of anilines is 2. The first-order valence-corrected chi connectivity index (χ1v) is 7.08. The van der Waals surface area contributed by atoms with E-state index in [1.54, 1.807) is 0 Å². The molecule has 1 heterocycles. The summed E-state index contributed by atoms with van der Waals surface area (Å²) in [7, 11) is 4.11. The molecule has 0 aliphatic carbocycles. The van der Waals surface area contributed by atoms with Crippen LogP contribution in [-0.2, 0) is 6.54 Å². The number of pyridine rings is 1. The Labute approximate surface area is 125 Å². The second kappa shape index (κ2) is 5.83. The van der Waals surface area contributed by atoms with E-state index in [1.165, 1.54) is 16.6 Å². The second-order valence-electron chi connectivity index (χ2n) is 5.26. The molecule has 0 fully saturated rings. The number of nitrogens with one attached hydrogen (secondary N) is 1. The van der Waals surface area contributed by atoms with E-state index in [2.05, 4.69) is 77.8 Å². The van der Waals surface area contributed by atoms with Crippen LogP contribution in [0.1, 0.15) is 5.56 Å². The molecule has 0 spiro atoms. The lowest BCUT2D eigenvalue weighted by molar-refractivity contribution is 1.10. The van der Waals surface area contributed by atoms with Gasteiger partial charge in [-0.3, -0.25) is 4.98 Å². The van der Waals surface area contributed by atoms with Gasteiger partial charge in [0, 0.05) is 32.2 Å². The van der Waals surface area contributed by atoms with E-state index in [-0.39, 0.29) is 0 Å². The second-order valence-corrected chi connectivity index (χ2v) is 5.26. The molecule has 0 aliphatic rings. The molecule has 0 unspecified atom stereocenters. The van der Waals surface area contributed by atoms with Gasteiger partial charge in [-0.05, 0) is 23.8 Å². The lowest BCUT2D eigenvalue weighted by atomic mass is 10.1. The highest BCUT2D eigenvalue weighted by Gasteiger charge is 2.05. The van der Waals surface area contributed by atoms with Crippen LogP contribution in [-0.4, -0.2) is 19.1 Å². The lowest BCUT2D eigenvalue weighted by Gasteiger charge is -2.18. The van der Waals surface area contributed by atoms with Gasteiger partial charge in [0.25, 0.3) is 0 Å². The minimum absolute atomic E-state index is 0.763. The zero-order chi connectivity index (χ0) is 14.7. The van der Waals surface area contributed by atoms with Gasteiger partial charge in [-0.25, -0.2) is 0 Å². The summed E-state index contributed by atoms with van der Waals surface area (Å²) in [5, 5.41) is 4.70. The van der Waals surface area contributed by atoms with Crippen molar-refractivity contribution >= 4 is 22.3 Å². The Kier molecular flexibility index (Phi) is 3.73. The smallest absolute Gasteiger partial charge is 0.0751 e. The van der Waals surface area contributed by atoms with Crippen LogP contribution in [0.4, 0.5) is 11.4 Å². The van der Waals surface area contributed by atoms with Crippen molar-refractivity contribution in [3.05, 3.63) is 66.4 Å². The van der Waals surface area contributed by atoms with Crippen molar-refractivity contribution in [2.75, 3.05) is 24.3 Å². The first-order chi connectivity index (χ1) is 10.3. The van der Waals surface area contributed by atoms with Crippen molar-refractivity contribution in [2.24, 2.45) is 0 Å². The number of nitrogens with zero attached hydrogens (tertiary/aromatic N) is 2. The SMILES string of the molecule is CN(C)c1ccccc1NCc1cccc2cccnc12. The van der Waals surface area contributed by atoms with Gasteiger partial charge in [0.2, 0.25) is 0 Å². The first-order valence-electron chi connectivity index (χ1n) is 7.08. The summed E-state index contributed by atoms with van der Waals surface area (Å²) in [5.41, 5.74) is 4.60. The molecule has 0 saturated carbocycles. The van der Waals surface area contributed by atoms with Gasteiger partial charge >= 0.3 is 0 Å². The van der Waals surface area contributed by atoms with E-state index in [1.807, 2.05) is 12.3 Å². The standard InChI is InChI=1S/C18H19N3/c1-21(2)17-11-4-3-10-16(17)20-13-15-8-5-7-14-9-6-12-19-18(14)15/h3-12,20H,13H2,1-2H3. The molecule has 21 heavy (non-hydrogen) atoms. The van der Waals surface area contributed by atoms with Crippen LogP contribution in [0.5, 0.6) is 0 Å². The number of aromatic nitrogens is 1. The highest BCUT2D eigenvalue weighted by Crippen LogP contribution is 2.25. The van der Waals surface area contributed by atoms with Crippen LogP contribution in [0.25, 0.3) is 10.9 Å². The third kappa shape index (κ3) is 2.82. The molecule has 3 nitrogen and oxygen atoms in total. The molecule has 0 aliphatic heterocycles. The zero-order valence-corrected chi connectivity index (χ0v) is 12.4. The molecule has 3 aromatic rings. The largest absolute Gasteiger partial charge is 0.379 e. The average Bonchev–Trinajstić information content (AvgIpc) is 2.53. The minimum Gasteiger partial charge on any atom is -0.379 e. The van der Waals surface area contributed by atoms with Crippen LogP contribution in [0, 0.1) is 0 Å². The van der Waals surface area contributed by atoms with Gasteiger partial charge in [0.1, 0.15) is 0 Å². The Hall–Kier alpha value is -2.55. The Bertz CT molecular complexity index is 745. The molecular formula is C18H19N3. The van der Waals surface area contributed by atoms with E-state index in [0.29, 0.717) is 0 Å². The Morgan fingerprint density at radius 3 is 2.62 bits per heavy atom. The fourth-order valence-corrected chi connectivity index (χ4v) is 2.51. The molecule has 0 amide bonds. The summed E-state index contributed by atoms with van der Waals surface area (Å²) in [6.07, 6.45) is 1.85. The molecule has 0 radical (unpaired) electrons. The molecule has 3 heteroatoms. The summed E-state index contributed by atoms with van der Waals surface area (Å²) in [5.74, 6) is 0. The summed E-state index contributed by atoms with van der Waals surface area (Å²) < 4.78 is 0. The van der Waals surface area contributed by atoms with Gasteiger partial charge in [0.05, 0.1) is 16.9 Å². The summed E-state index contributed by atoms with van der Waals surface area (Å²) in [6, 6.07) is 18.7. The van der Waals surface area contributed by atoms with Gasteiger partial charge in [-0.15, -0.1) is 0 Å². The number of hydrogen-bond acceptors (Lipinski definition) is 3. The van der Waals surface area contributed by atoms with Gasteiger partial charge in [-0.2, -0.15) is 0 Å². The maximum atomic E-state index is 4.50. The van der Waals surface area contributed by atoms with Gasteiger partial charge < -0.3 is 10.2 Å². The number of para-hydroxylation sites is 3. The van der Waals surface area contributed by atoms with Crippen molar-refractivity contribution in [2.45, 2.75) is 6.54 Å². The van der Waals surface area contributed by atoms with Crippen molar-refractivity contribution < 1.29 is 0 Å². The number of benzene rings is 2. The topological polar surface area (TPSA) is 28.2 Å². The van der Waals surface area contributed by atoms with Crippen molar-refractivity contribution in [1.82, 2.24) is 4.98 Å². The van der Waals surface area contributed by atoms with Crippen molar-refractivity contribution in [3.63, 3.8) is 0 Å². The predicted octanol–water partition coefficient (Wildman–Crippen LogP) is 3.91. The Balaban J connectivity index is 1.87. The van der Waals surface area contributed by atoms with E-state index < -0.39 is 0 Å². The van der Waals surface area contributed by atoms with Gasteiger partial charge in [0.15, 0.2) is 0 Å². The molecule has 0 bridgehead atoms. The van der Waals surface area contributed by atoms with E-state index in [9.17, 15) is 0 Å². The van der Waals surface area contributed by atoms with Crippen LogP contribution >= 0.6 is 0 Å². The third-order valence-electron chi connectivity index (χ3n) is 3.57. The molecular weight excluding hydrogens is 258 g/mol. The monoisotopic (exact) mass is 277 g/mol. The molecule has 0 saturated heterocycles. The molecule has 3 rings (SSSR count). The fraction of sp³-hybridized carbons (Fsp3) is 0.167. The zero-order valence-electron chi connectivity index (χ0n) is 12.4. The third-order valence-corrected chi connectivity index (χ3v) is 3.57. The van der Waals surface area contributed by atoms with Crippen LogP contribution < -0.4 is 10.2 Å². The normalized spacial score (nSPS) is 10.6. The average molecular weight is 277 g/mol. The van der Waals surface area contributed by atoms with Crippen LogP contribution in [0.3, 0.4) is 0 Å². The summed E-state index contributed by atoms with van der Waals surface area (Å²) in [6.45, 7) is 0.763. The highest BCUT2D eigenvalue weighted by atomic mass is 15.1. The highest BCUT2D eigenvalue weighted by molar-refractivity contribution is 5.82. The summed E-state index contributed by atoms with van der Waals surface area (Å²) in [4.78, 5) is 6.62. The lowest BCUT2D eigenvalue weighted by Crippen LogP contribution is -2.12. The number of hydrogen-bond donors (Lipinski definition) is 1. The fourth-order valence-electron chi connectivity index (χ4n) is 2.51. The predicted molar refractivity (Wildman–Crippen MR) is 89.8 cm³/mol. The molecule has 2 aromatic carbocycles. The number of fused-ring (bicyclic) bond motifs is 1. The molecule has 0 atom stereocenters. The van der Waals surface area contributed by atoms with Crippen LogP contribution in [0.15, 0.2) is 60.8 Å². The maximum absolute atomic E-state index is 4.50. The van der Waals surface area contributed by atoms with E-state index in [4.69, 9.17) is 0 Å². The molecule has 106 valence electrons. The first kappa shape index (κ1) is 13.4. The quantitative estimate of drug-likeness (QED) is 0.783.